The summed E-state index contributed by atoms with van der Waals surface area (Å²) in [5, 5.41) is 7.10. The number of para-hydroxylation sites is 1. The van der Waals surface area contributed by atoms with E-state index in [1.54, 1.807) is 4.90 Å². The number of piperazine rings is 1. The van der Waals surface area contributed by atoms with E-state index in [0.29, 0.717) is 74.8 Å². The number of halogens is 2. The molecule has 5 amide bonds. The molecular weight excluding hydrogens is 693 g/mol. The van der Waals surface area contributed by atoms with E-state index in [2.05, 4.69) is 20.4 Å². The topological polar surface area (TPSA) is 118 Å². The molecule has 0 aromatic heterocycles. The standard InChI is InChI=1S/C37H49Cl2N7O5/c1-3-51-34(47)24-42-16-18-43(19-17-42)28-8-12-44(13-9-28)35(48)33(22-26-20-30(38)25(2)31(39)21-26)41-36(49)45-14-10-29(11-15-45)46-23-27-6-4-5-7-32(27)40-37(46)50/h4-7,20-21,28-29,33H,3,8-19,22-24H2,1-2H3,(H,40,50)(H,41,49). The van der Waals surface area contributed by atoms with E-state index in [1.165, 1.54) is 0 Å². The van der Waals surface area contributed by atoms with Crippen LogP contribution in [0.4, 0.5) is 15.3 Å². The van der Waals surface area contributed by atoms with Gasteiger partial charge < -0.3 is 30.1 Å². The molecule has 12 nitrogen and oxygen atoms in total. The van der Waals surface area contributed by atoms with Crippen molar-refractivity contribution in [3.8, 4) is 0 Å². The number of piperidine rings is 2. The first-order valence-corrected chi connectivity index (χ1v) is 18.9. The van der Waals surface area contributed by atoms with Crippen LogP contribution in [0.5, 0.6) is 0 Å². The number of urea groups is 2. The zero-order chi connectivity index (χ0) is 36.1. The molecule has 2 N–H and O–H groups in total. The number of nitrogens with zero attached hydrogens (tertiary/aromatic N) is 5. The van der Waals surface area contributed by atoms with Gasteiger partial charge in [0.1, 0.15) is 6.04 Å². The van der Waals surface area contributed by atoms with Crippen LogP contribution in [0.2, 0.25) is 10.0 Å². The molecule has 4 aliphatic rings. The lowest BCUT2D eigenvalue weighted by Crippen LogP contribution is -2.58. The fraction of sp³-hybridized carbons (Fsp3) is 0.568. The summed E-state index contributed by atoms with van der Waals surface area (Å²) >= 11 is 12.9. The Morgan fingerprint density at radius 1 is 0.902 bits per heavy atom. The third-order valence-corrected chi connectivity index (χ3v) is 11.6. The Bertz CT molecular complexity index is 1560. The van der Waals surface area contributed by atoms with Crippen LogP contribution in [0.1, 0.15) is 49.3 Å². The molecule has 1 unspecified atom stereocenters. The van der Waals surface area contributed by atoms with Gasteiger partial charge in [0.2, 0.25) is 5.91 Å². The van der Waals surface area contributed by atoms with Gasteiger partial charge >= 0.3 is 18.0 Å². The molecule has 1 atom stereocenters. The first-order valence-electron chi connectivity index (χ1n) is 18.2. The minimum atomic E-state index is -0.794. The molecule has 3 fully saturated rings. The number of carbonyl (C=O) groups is 4. The number of esters is 1. The molecule has 3 saturated heterocycles. The zero-order valence-electron chi connectivity index (χ0n) is 29.5. The first kappa shape index (κ1) is 37.2. The van der Waals surface area contributed by atoms with E-state index < -0.39 is 6.04 Å². The summed E-state index contributed by atoms with van der Waals surface area (Å²) in [6.07, 6.45) is 3.24. The van der Waals surface area contributed by atoms with E-state index in [9.17, 15) is 19.2 Å². The fourth-order valence-corrected chi connectivity index (χ4v) is 8.27. The molecule has 51 heavy (non-hydrogen) atoms. The van der Waals surface area contributed by atoms with Crippen molar-refractivity contribution in [1.29, 1.82) is 0 Å². The minimum absolute atomic E-state index is 0.0125. The molecule has 2 aromatic carbocycles. The molecule has 0 saturated carbocycles. The van der Waals surface area contributed by atoms with Crippen LogP contribution in [0.15, 0.2) is 36.4 Å². The van der Waals surface area contributed by atoms with Gasteiger partial charge in [-0.05, 0) is 74.4 Å². The van der Waals surface area contributed by atoms with E-state index in [-0.39, 0.29) is 36.4 Å². The highest BCUT2D eigenvalue weighted by molar-refractivity contribution is 6.36. The number of benzene rings is 2. The summed E-state index contributed by atoms with van der Waals surface area (Å²) in [5.41, 5.74) is 3.47. The number of likely N-dealkylation sites (tertiary alicyclic amines) is 2. The predicted molar refractivity (Wildman–Crippen MR) is 197 cm³/mol. The van der Waals surface area contributed by atoms with Gasteiger partial charge in [0, 0.05) is 93.1 Å². The number of anilines is 1. The van der Waals surface area contributed by atoms with Gasteiger partial charge in [-0.3, -0.25) is 19.4 Å². The van der Waals surface area contributed by atoms with Crippen molar-refractivity contribution in [2.75, 3.05) is 70.8 Å². The summed E-state index contributed by atoms with van der Waals surface area (Å²) < 4.78 is 5.11. The van der Waals surface area contributed by atoms with Gasteiger partial charge in [-0.1, -0.05) is 41.4 Å². The Kier molecular flexibility index (Phi) is 12.3. The number of ether oxygens (including phenoxy) is 1. The van der Waals surface area contributed by atoms with E-state index in [4.69, 9.17) is 27.9 Å². The van der Waals surface area contributed by atoms with Crippen LogP contribution in [0.25, 0.3) is 0 Å². The SMILES string of the molecule is CCOC(=O)CN1CCN(C2CCN(C(=O)C(Cc3cc(Cl)c(C)c(Cl)c3)NC(=O)N3CCC(N4Cc5ccccc5NC4=O)CC3)CC2)CC1. The zero-order valence-corrected chi connectivity index (χ0v) is 31.1. The summed E-state index contributed by atoms with van der Waals surface area (Å²) in [6, 6.07) is 10.6. The minimum Gasteiger partial charge on any atom is -0.465 e. The average molecular weight is 743 g/mol. The molecule has 4 heterocycles. The monoisotopic (exact) mass is 741 g/mol. The van der Waals surface area contributed by atoms with Gasteiger partial charge in [-0.2, -0.15) is 0 Å². The molecule has 0 bridgehead atoms. The number of carbonyl (C=O) groups excluding carboxylic acids is 4. The highest BCUT2D eigenvalue weighted by atomic mass is 35.5. The highest BCUT2D eigenvalue weighted by Crippen LogP contribution is 2.29. The van der Waals surface area contributed by atoms with Crippen molar-refractivity contribution in [3.63, 3.8) is 0 Å². The smallest absolute Gasteiger partial charge is 0.322 e. The van der Waals surface area contributed by atoms with Crippen LogP contribution >= 0.6 is 23.2 Å². The van der Waals surface area contributed by atoms with Crippen molar-refractivity contribution >= 4 is 52.8 Å². The molecule has 0 spiro atoms. The maximum atomic E-state index is 14.1. The Hall–Kier alpha value is -3.58. The molecule has 2 aromatic rings. The first-order chi connectivity index (χ1) is 24.6. The lowest BCUT2D eigenvalue weighted by atomic mass is 9.99. The van der Waals surface area contributed by atoms with Crippen LogP contribution in [0, 0.1) is 6.92 Å². The van der Waals surface area contributed by atoms with E-state index in [1.807, 2.05) is 60.0 Å². The number of rotatable bonds is 9. The second kappa shape index (κ2) is 16.8. The molecule has 276 valence electrons. The van der Waals surface area contributed by atoms with Crippen molar-refractivity contribution in [3.05, 3.63) is 63.1 Å². The van der Waals surface area contributed by atoms with Gasteiger partial charge in [0.05, 0.1) is 13.2 Å². The summed E-state index contributed by atoms with van der Waals surface area (Å²) in [7, 11) is 0. The maximum absolute atomic E-state index is 14.1. The van der Waals surface area contributed by atoms with Gasteiger partial charge in [0.15, 0.2) is 0 Å². The summed E-state index contributed by atoms with van der Waals surface area (Å²) in [6.45, 7) is 10.4. The second-order valence-electron chi connectivity index (χ2n) is 14.0. The third kappa shape index (κ3) is 9.08. The van der Waals surface area contributed by atoms with Crippen molar-refractivity contribution < 1.29 is 23.9 Å². The average Bonchev–Trinajstić information content (AvgIpc) is 3.13. The second-order valence-corrected chi connectivity index (χ2v) is 14.8. The maximum Gasteiger partial charge on any atom is 0.322 e. The third-order valence-electron chi connectivity index (χ3n) is 10.8. The predicted octanol–water partition coefficient (Wildman–Crippen LogP) is 4.61. The Balaban J connectivity index is 1.05. The lowest BCUT2D eigenvalue weighted by molar-refractivity contribution is -0.145. The quantitative estimate of drug-likeness (QED) is 0.361. The van der Waals surface area contributed by atoms with Crippen LogP contribution in [-0.4, -0.2) is 132 Å². The lowest BCUT2D eigenvalue weighted by Gasteiger charge is -2.43. The van der Waals surface area contributed by atoms with Crippen LogP contribution in [0.3, 0.4) is 0 Å². The van der Waals surface area contributed by atoms with Crippen molar-refractivity contribution in [1.82, 2.24) is 29.8 Å². The summed E-state index contributed by atoms with van der Waals surface area (Å²) in [5.74, 6) is -0.301. The fourth-order valence-electron chi connectivity index (χ4n) is 7.74. The molecule has 0 radical (unpaired) electrons. The van der Waals surface area contributed by atoms with Crippen molar-refractivity contribution in [2.45, 2.75) is 70.6 Å². The van der Waals surface area contributed by atoms with Gasteiger partial charge in [-0.25, -0.2) is 9.59 Å². The largest absolute Gasteiger partial charge is 0.465 e. The Morgan fingerprint density at radius 3 is 2.20 bits per heavy atom. The molecular formula is C37H49Cl2N7O5. The number of amides is 5. The normalized spacial score (nSPS) is 20.1. The van der Waals surface area contributed by atoms with Crippen LogP contribution < -0.4 is 10.6 Å². The number of hydrogen-bond acceptors (Lipinski definition) is 7. The summed E-state index contributed by atoms with van der Waals surface area (Å²) in [4.78, 5) is 62.8. The van der Waals surface area contributed by atoms with Gasteiger partial charge in [-0.15, -0.1) is 0 Å². The molecule has 4 aliphatic heterocycles. The molecule has 0 aliphatic carbocycles. The molecule has 6 rings (SSSR count). The van der Waals surface area contributed by atoms with Crippen molar-refractivity contribution in [2.24, 2.45) is 0 Å². The Labute approximate surface area is 310 Å². The van der Waals surface area contributed by atoms with E-state index >= 15 is 0 Å². The number of fused-ring (bicyclic) bond motifs is 1. The molecule has 14 heteroatoms. The highest BCUT2D eigenvalue weighted by Gasteiger charge is 2.36. The van der Waals surface area contributed by atoms with Gasteiger partial charge in [0.25, 0.3) is 0 Å². The van der Waals surface area contributed by atoms with Crippen LogP contribution in [-0.2, 0) is 27.3 Å². The Morgan fingerprint density at radius 2 is 1.53 bits per heavy atom. The van der Waals surface area contributed by atoms with E-state index in [0.717, 1.165) is 61.4 Å². The number of hydrogen-bond donors (Lipinski definition) is 2. The number of nitrogens with one attached hydrogen (secondary N) is 2.